The Bertz CT molecular complexity index is 992. The molecule has 1 atom stereocenters. The van der Waals surface area contributed by atoms with Crippen molar-refractivity contribution in [3.63, 3.8) is 0 Å². The van der Waals surface area contributed by atoms with Gasteiger partial charge in [0.15, 0.2) is 0 Å². The van der Waals surface area contributed by atoms with Crippen LogP contribution in [0.1, 0.15) is 31.4 Å². The van der Waals surface area contributed by atoms with Crippen molar-refractivity contribution in [3.8, 4) is 17.2 Å². The first-order valence-electron chi connectivity index (χ1n) is 11.3. The number of rotatable bonds is 7. The van der Waals surface area contributed by atoms with Gasteiger partial charge in [0.1, 0.15) is 5.78 Å². The molecule has 2 saturated heterocycles. The molecule has 0 aliphatic carbocycles. The summed E-state index contributed by atoms with van der Waals surface area (Å²) in [7, 11) is 0. The van der Waals surface area contributed by atoms with Gasteiger partial charge in [-0.25, -0.2) is 0 Å². The zero-order chi connectivity index (χ0) is 22.4. The number of nitrogens with one attached hydrogen (secondary N) is 2. The topological polar surface area (TPSA) is 87.0 Å². The third-order valence-corrected chi connectivity index (χ3v) is 6.81. The smallest absolute Gasteiger partial charge is 0.143 e. The molecule has 32 heavy (non-hydrogen) atoms. The normalized spacial score (nSPS) is 20.3. The molecule has 4 rings (SSSR count). The molecule has 2 aliphatic rings. The van der Waals surface area contributed by atoms with E-state index < -0.39 is 5.41 Å². The number of carbonyl (C=O) groups excluding carboxylic acids is 1. The lowest BCUT2D eigenvalue weighted by Crippen LogP contribution is -2.35. The SMILES string of the molecule is N#CC1(CNc2cccc(-c3cc(CC(=O)[C@@H]4CCCNC4)ncc3Cl)c2)CCOCC1. The van der Waals surface area contributed by atoms with Crippen molar-refractivity contribution in [1.82, 2.24) is 10.3 Å². The van der Waals surface area contributed by atoms with E-state index in [2.05, 4.69) is 21.7 Å². The Labute approximate surface area is 194 Å². The Hall–Kier alpha value is -2.46. The summed E-state index contributed by atoms with van der Waals surface area (Å²) in [6.07, 6.45) is 5.40. The number of anilines is 1. The van der Waals surface area contributed by atoms with Crippen molar-refractivity contribution in [1.29, 1.82) is 5.26 Å². The largest absolute Gasteiger partial charge is 0.383 e. The minimum absolute atomic E-state index is 0.0647. The van der Waals surface area contributed by atoms with E-state index in [1.807, 2.05) is 30.3 Å². The van der Waals surface area contributed by atoms with Crippen LogP contribution in [-0.4, -0.2) is 43.6 Å². The van der Waals surface area contributed by atoms with Crippen molar-refractivity contribution in [2.45, 2.75) is 32.1 Å². The fourth-order valence-corrected chi connectivity index (χ4v) is 4.62. The van der Waals surface area contributed by atoms with Crippen LogP contribution in [0.25, 0.3) is 11.1 Å². The highest BCUT2D eigenvalue weighted by molar-refractivity contribution is 6.33. The summed E-state index contributed by atoms with van der Waals surface area (Å²) in [6.45, 7) is 3.57. The zero-order valence-electron chi connectivity index (χ0n) is 18.2. The number of hydrogen-bond acceptors (Lipinski definition) is 6. The first-order chi connectivity index (χ1) is 15.6. The number of nitriles is 1. The third kappa shape index (κ3) is 5.47. The van der Waals surface area contributed by atoms with Crippen LogP contribution in [0.4, 0.5) is 5.69 Å². The fraction of sp³-hybridized carbons (Fsp3) is 0.480. The van der Waals surface area contributed by atoms with Gasteiger partial charge >= 0.3 is 0 Å². The Morgan fingerprint density at radius 3 is 2.94 bits per heavy atom. The average molecular weight is 453 g/mol. The molecule has 168 valence electrons. The predicted molar refractivity (Wildman–Crippen MR) is 126 cm³/mol. The van der Waals surface area contributed by atoms with Crippen molar-refractivity contribution in [3.05, 3.63) is 47.2 Å². The molecule has 0 amide bonds. The van der Waals surface area contributed by atoms with Crippen LogP contribution < -0.4 is 10.6 Å². The van der Waals surface area contributed by atoms with Crippen LogP contribution in [-0.2, 0) is 16.0 Å². The lowest BCUT2D eigenvalue weighted by Gasteiger charge is -2.31. The predicted octanol–water partition coefficient (Wildman–Crippen LogP) is 4.25. The molecule has 0 bridgehead atoms. The molecule has 2 aromatic rings. The number of halogens is 1. The standard InChI is InChI=1S/C25H29ClN4O2/c26-23-15-29-21(13-24(31)19-4-2-8-28-14-19)12-22(23)18-3-1-5-20(11-18)30-17-25(16-27)6-9-32-10-7-25/h1,3,5,11-12,15,19,28,30H,2,4,6-10,13-14,17H2/t19-/m1/s1. The van der Waals surface area contributed by atoms with E-state index in [9.17, 15) is 10.1 Å². The number of piperidine rings is 1. The van der Waals surface area contributed by atoms with Gasteiger partial charge in [0.2, 0.25) is 0 Å². The lowest BCUT2D eigenvalue weighted by atomic mass is 9.81. The highest BCUT2D eigenvalue weighted by Crippen LogP contribution is 2.32. The van der Waals surface area contributed by atoms with E-state index in [1.165, 1.54) is 0 Å². The summed E-state index contributed by atoms with van der Waals surface area (Å²) in [5.74, 6) is 0.293. The molecule has 2 aliphatic heterocycles. The van der Waals surface area contributed by atoms with Gasteiger partial charge in [-0.3, -0.25) is 9.78 Å². The second kappa shape index (κ2) is 10.4. The highest BCUT2D eigenvalue weighted by Gasteiger charge is 2.32. The first kappa shape index (κ1) is 22.7. The van der Waals surface area contributed by atoms with E-state index in [0.29, 0.717) is 31.2 Å². The second-order valence-electron chi connectivity index (χ2n) is 8.78. The van der Waals surface area contributed by atoms with Crippen LogP contribution in [0, 0.1) is 22.7 Å². The van der Waals surface area contributed by atoms with Crippen molar-refractivity contribution >= 4 is 23.1 Å². The van der Waals surface area contributed by atoms with Gasteiger partial charge in [-0.15, -0.1) is 0 Å². The van der Waals surface area contributed by atoms with Crippen molar-refractivity contribution < 1.29 is 9.53 Å². The number of aromatic nitrogens is 1. The summed E-state index contributed by atoms with van der Waals surface area (Å²) >= 11 is 6.48. The summed E-state index contributed by atoms with van der Waals surface area (Å²) in [6, 6.07) is 12.4. The number of pyridine rings is 1. The van der Waals surface area contributed by atoms with Crippen molar-refractivity contribution in [2.24, 2.45) is 11.3 Å². The molecule has 0 saturated carbocycles. The number of ether oxygens (including phenoxy) is 1. The van der Waals surface area contributed by atoms with E-state index in [4.69, 9.17) is 16.3 Å². The van der Waals surface area contributed by atoms with Crippen LogP contribution in [0.15, 0.2) is 36.5 Å². The second-order valence-corrected chi connectivity index (χ2v) is 9.19. The van der Waals surface area contributed by atoms with Crippen molar-refractivity contribution in [2.75, 3.05) is 38.2 Å². The Balaban J connectivity index is 1.48. The van der Waals surface area contributed by atoms with Gasteiger partial charge in [-0.1, -0.05) is 23.7 Å². The molecular formula is C25H29ClN4O2. The van der Waals surface area contributed by atoms with Crippen LogP contribution in [0.5, 0.6) is 0 Å². The maximum atomic E-state index is 12.7. The molecule has 0 radical (unpaired) electrons. The number of hydrogen-bond donors (Lipinski definition) is 2. The van der Waals surface area contributed by atoms with E-state index >= 15 is 0 Å². The van der Waals surface area contributed by atoms with Crippen LogP contribution in [0.3, 0.4) is 0 Å². The maximum absolute atomic E-state index is 12.7. The van der Waals surface area contributed by atoms with Gasteiger partial charge < -0.3 is 15.4 Å². The monoisotopic (exact) mass is 452 g/mol. The summed E-state index contributed by atoms with van der Waals surface area (Å²) in [5.41, 5.74) is 3.08. The number of ketones is 1. The summed E-state index contributed by atoms with van der Waals surface area (Å²) in [4.78, 5) is 17.1. The summed E-state index contributed by atoms with van der Waals surface area (Å²) < 4.78 is 5.42. The number of nitrogens with zero attached hydrogens (tertiary/aromatic N) is 2. The minimum Gasteiger partial charge on any atom is -0.383 e. The molecule has 2 fully saturated rings. The van der Waals surface area contributed by atoms with Crippen LogP contribution in [0.2, 0.25) is 5.02 Å². The molecule has 1 aromatic heterocycles. The third-order valence-electron chi connectivity index (χ3n) is 6.51. The van der Waals surface area contributed by atoms with Gasteiger partial charge in [-0.05, 0) is 56.0 Å². The molecule has 0 unspecified atom stereocenters. The minimum atomic E-state index is -0.399. The molecule has 6 nitrogen and oxygen atoms in total. The maximum Gasteiger partial charge on any atom is 0.143 e. The van der Waals surface area contributed by atoms with Gasteiger partial charge in [0.05, 0.1) is 16.5 Å². The molecule has 7 heteroatoms. The molecule has 3 heterocycles. The molecule has 0 spiro atoms. The van der Waals surface area contributed by atoms with Gasteiger partial charge in [-0.2, -0.15) is 5.26 Å². The van der Waals surface area contributed by atoms with E-state index in [0.717, 1.165) is 61.3 Å². The Kier molecular flexibility index (Phi) is 7.41. The molecule has 1 aromatic carbocycles. The molecular weight excluding hydrogens is 424 g/mol. The van der Waals surface area contributed by atoms with Crippen LogP contribution >= 0.6 is 11.6 Å². The number of carbonyl (C=O) groups is 1. The van der Waals surface area contributed by atoms with Gasteiger partial charge in [0, 0.05) is 61.8 Å². The van der Waals surface area contributed by atoms with Gasteiger partial charge in [0.25, 0.3) is 0 Å². The quantitative estimate of drug-likeness (QED) is 0.653. The first-order valence-corrected chi connectivity index (χ1v) is 11.7. The average Bonchev–Trinajstić information content (AvgIpc) is 2.85. The zero-order valence-corrected chi connectivity index (χ0v) is 19.0. The Morgan fingerprint density at radius 2 is 2.19 bits per heavy atom. The lowest BCUT2D eigenvalue weighted by molar-refractivity contribution is -0.122. The Morgan fingerprint density at radius 1 is 1.34 bits per heavy atom. The van der Waals surface area contributed by atoms with E-state index in [-0.39, 0.29) is 11.7 Å². The number of Topliss-reactive ketones (excluding diaryl/α,β-unsaturated/α-hetero) is 1. The number of benzene rings is 1. The van der Waals surface area contributed by atoms with E-state index in [1.54, 1.807) is 6.20 Å². The molecule has 2 N–H and O–H groups in total. The highest BCUT2D eigenvalue weighted by atomic mass is 35.5. The fourth-order valence-electron chi connectivity index (χ4n) is 4.41. The summed E-state index contributed by atoms with van der Waals surface area (Å²) in [5, 5.41) is 17.0.